The van der Waals surface area contributed by atoms with Gasteiger partial charge in [-0.25, -0.2) is 9.97 Å². The van der Waals surface area contributed by atoms with Gasteiger partial charge in [0.05, 0.1) is 24.3 Å². The third-order valence-electron chi connectivity index (χ3n) is 3.94. The molecule has 0 unspecified atom stereocenters. The first-order valence-corrected chi connectivity index (χ1v) is 6.84. The molecule has 1 saturated heterocycles. The van der Waals surface area contributed by atoms with Crippen LogP contribution >= 0.6 is 0 Å². The molecule has 2 aromatic rings. The van der Waals surface area contributed by atoms with Gasteiger partial charge in [0.25, 0.3) is 0 Å². The van der Waals surface area contributed by atoms with Gasteiger partial charge in [-0.2, -0.15) is 0 Å². The van der Waals surface area contributed by atoms with Crippen molar-refractivity contribution in [3.05, 3.63) is 47.4 Å². The molecule has 1 aromatic heterocycles. The SMILES string of the molecule is Cc1ccc(-c2ccnc(C3(CN)COC3)n2)c(C)c1. The number of nitrogens with two attached hydrogens (primary N) is 1. The fourth-order valence-corrected chi connectivity index (χ4v) is 2.55. The molecule has 0 radical (unpaired) electrons. The van der Waals surface area contributed by atoms with Crippen LogP contribution in [0.25, 0.3) is 11.3 Å². The zero-order chi connectivity index (χ0) is 14.2. The topological polar surface area (TPSA) is 61.0 Å². The Morgan fingerprint density at radius 2 is 2.05 bits per heavy atom. The molecule has 0 atom stereocenters. The molecule has 2 N–H and O–H groups in total. The van der Waals surface area contributed by atoms with Gasteiger partial charge in [-0.1, -0.05) is 23.8 Å². The minimum absolute atomic E-state index is 0.200. The summed E-state index contributed by atoms with van der Waals surface area (Å²) in [6.45, 7) is 5.94. The summed E-state index contributed by atoms with van der Waals surface area (Å²) >= 11 is 0. The van der Waals surface area contributed by atoms with Gasteiger partial charge in [0.1, 0.15) is 5.82 Å². The van der Waals surface area contributed by atoms with Crippen molar-refractivity contribution >= 4 is 0 Å². The maximum Gasteiger partial charge on any atom is 0.141 e. The van der Waals surface area contributed by atoms with Crippen molar-refractivity contribution in [3.8, 4) is 11.3 Å². The predicted octanol–water partition coefficient (Wildman–Crippen LogP) is 1.99. The lowest BCUT2D eigenvalue weighted by atomic mass is 9.85. The summed E-state index contributed by atoms with van der Waals surface area (Å²) in [5.74, 6) is 0.795. The van der Waals surface area contributed by atoms with E-state index in [-0.39, 0.29) is 5.41 Å². The first-order valence-electron chi connectivity index (χ1n) is 6.84. The lowest BCUT2D eigenvalue weighted by Gasteiger charge is -2.38. The fraction of sp³-hybridized carbons (Fsp3) is 0.375. The Balaban J connectivity index is 2.03. The molecule has 4 heteroatoms. The number of aryl methyl sites for hydroxylation is 2. The van der Waals surface area contributed by atoms with E-state index < -0.39 is 0 Å². The van der Waals surface area contributed by atoms with Crippen LogP contribution in [0.3, 0.4) is 0 Å². The second-order valence-electron chi connectivity index (χ2n) is 5.56. The number of ether oxygens (including phenoxy) is 1. The average molecular weight is 269 g/mol. The van der Waals surface area contributed by atoms with Crippen LogP contribution in [0.2, 0.25) is 0 Å². The highest BCUT2D eigenvalue weighted by Crippen LogP contribution is 2.30. The molecule has 0 bridgehead atoms. The molecule has 2 heterocycles. The Morgan fingerprint density at radius 3 is 2.65 bits per heavy atom. The van der Waals surface area contributed by atoms with Gasteiger partial charge in [0.15, 0.2) is 0 Å². The van der Waals surface area contributed by atoms with Crippen LogP contribution in [0.1, 0.15) is 17.0 Å². The highest BCUT2D eigenvalue weighted by atomic mass is 16.5. The van der Waals surface area contributed by atoms with E-state index in [1.807, 2.05) is 12.3 Å². The normalized spacial score (nSPS) is 16.8. The molecule has 4 nitrogen and oxygen atoms in total. The zero-order valence-corrected chi connectivity index (χ0v) is 11.9. The molecule has 20 heavy (non-hydrogen) atoms. The van der Waals surface area contributed by atoms with E-state index in [0.717, 1.165) is 17.1 Å². The van der Waals surface area contributed by atoms with Gasteiger partial charge < -0.3 is 10.5 Å². The molecule has 3 rings (SSSR count). The molecule has 0 amide bonds. The standard InChI is InChI=1S/C16H19N3O/c1-11-3-4-13(12(2)7-11)14-5-6-18-15(19-14)16(8-17)9-20-10-16/h3-7H,8-10,17H2,1-2H3. The Kier molecular flexibility index (Phi) is 3.28. The summed E-state index contributed by atoms with van der Waals surface area (Å²) in [6, 6.07) is 8.34. The van der Waals surface area contributed by atoms with Crippen molar-refractivity contribution in [2.24, 2.45) is 5.73 Å². The molecule has 1 aromatic carbocycles. The Morgan fingerprint density at radius 1 is 1.25 bits per heavy atom. The van der Waals surface area contributed by atoms with E-state index in [0.29, 0.717) is 19.8 Å². The second-order valence-corrected chi connectivity index (χ2v) is 5.56. The molecular weight excluding hydrogens is 250 g/mol. The summed E-state index contributed by atoms with van der Waals surface area (Å²) in [7, 11) is 0. The number of hydrogen-bond donors (Lipinski definition) is 1. The lowest BCUT2D eigenvalue weighted by Crippen LogP contribution is -2.53. The fourth-order valence-electron chi connectivity index (χ4n) is 2.55. The monoisotopic (exact) mass is 269 g/mol. The van der Waals surface area contributed by atoms with Crippen LogP contribution in [-0.4, -0.2) is 29.7 Å². The highest BCUT2D eigenvalue weighted by molar-refractivity contribution is 5.63. The van der Waals surface area contributed by atoms with Crippen LogP contribution in [0.15, 0.2) is 30.5 Å². The van der Waals surface area contributed by atoms with E-state index >= 15 is 0 Å². The minimum atomic E-state index is -0.200. The molecule has 1 aliphatic rings. The van der Waals surface area contributed by atoms with Gasteiger partial charge in [0.2, 0.25) is 0 Å². The van der Waals surface area contributed by atoms with Gasteiger partial charge >= 0.3 is 0 Å². The van der Waals surface area contributed by atoms with Crippen molar-refractivity contribution in [1.29, 1.82) is 0 Å². The molecule has 104 valence electrons. The number of rotatable bonds is 3. The van der Waals surface area contributed by atoms with Gasteiger partial charge in [0, 0.05) is 18.3 Å². The van der Waals surface area contributed by atoms with E-state index in [9.17, 15) is 0 Å². The van der Waals surface area contributed by atoms with Crippen molar-refractivity contribution < 1.29 is 4.74 Å². The zero-order valence-electron chi connectivity index (χ0n) is 11.9. The first kappa shape index (κ1) is 13.2. The molecule has 1 fully saturated rings. The van der Waals surface area contributed by atoms with Crippen LogP contribution in [0, 0.1) is 13.8 Å². The van der Waals surface area contributed by atoms with E-state index in [1.54, 1.807) is 0 Å². The molecule has 0 aliphatic carbocycles. The van der Waals surface area contributed by atoms with Gasteiger partial charge in [-0.15, -0.1) is 0 Å². The van der Waals surface area contributed by atoms with Crippen molar-refractivity contribution in [1.82, 2.24) is 9.97 Å². The third-order valence-corrected chi connectivity index (χ3v) is 3.94. The predicted molar refractivity (Wildman–Crippen MR) is 78.5 cm³/mol. The van der Waals surface area contributed by atoms with E-state index in [4.69, 9.17) is 15.5 Å². The Hall–Kier alpha value is -1.78. The van der Waals surface area contributed by atoms with Gasteiger partial charge in [-0.05, 0) is 25.5 Å². The first-order chi connectivity index (χ1) is 9.64. The van der Waals surface area contributed by atoms with E-state index in [2.05, 4.69) is 37.0 Å². The van der Waals surface area contributed by atoms with E-state index in [1.165, 1.54) is 11.1 Å². The Bertz CT molecular complexity index is 630. The largest absolute Gasteiger partial charge is 0.379 e. The smallest absolute Gasteiger partial charge is 0.141 e. The summed E-state index contributed by atoms with van der Waals surface area (Å²) in [5.41, 5.74) is 10.3. The summed E-state index contributed by atoms with van der Waals surface area (Å²) in [6.07, 6.45) is 1.81. The Labute approximate surface area is 119 Å². The summed E-state index contributed by atoms with van der Waals surface area (Å²) in [5, 5.41) is 0. The summed E-state index contributed by atoms with van der Waals surface area (Å²) < 4.78 is 5.31. The quantitative estimate of drug-likeness (QED) is 0.925. The summed E-state index contributed by atoms with van der Waals surface area (Å²) in [4.78, 5) is 9.13. The number of aromatic nitrogens is 2. The number of hydrogen-bond acceptors (Lipinski definition) is 4. The van der Waals surface area contributed by atoms with Crippen molar-refractivity contribution in [2.75, 3.05) is 19.8 Å². The average Bonchev–Trinajstić information content (AvgIpc) is 2.38. The highest BCUT2D eigenvalue weighted by Gasteiger charge is 2.42. The third kappa shape index (κ3) is 2.11. The van der Waals surface area contributed by atoms with Crippen LogP contribution in [0.5, 0.6) is 0 Å². The molecule has 0 spiro atoms. The maximum atomic E-state index is 5.88. The van der Waals surface area contributed by atoms with Crippen molar-refractivity contribution in [2.45, 2.75) is 19.3 Å². The van der Waals surface area contributed by atoms with Crippen LogP contribution in [-0.2, 0) is 10.2 Å². The molecular formula is C16H19N3O. The minimum Gasteiger partial charge on any atom is -0.379 e. The van der Waals surface area contributed by atoms with Gasteiger partial charge in [-0.3, -0.25) is 0 Å². The van der Waals surface area contributed by atoms with Crippen LogP contribution < -0.4 is 5.73 Å². The number of nitrogens with zero attached hydrogens (tertiary/aromatic N) is 2. The second kappa shape index (κ2) is 4.96. The van der Waals surface area contributed by atoms with Crippen LogP contribution in [0.4, 0.5) is 0 Å². The molecule has 0 saturated carbocycles. The molecule has 1 aliphatic heterocycles. The maximum absolute atomic E-state index is 5.88. The number of benzene rings is 1. The lowest BCUT2D eigenvalue weighted by molar-refractivity contribution is -0.0593. The van der Waals surface area contributed by atoms with Crippen molar-refractivity contribution in [3.63, 3.8) is 0 Å².